The maximum Gasteiger partial charge on any atom is 0.416 e. The van der Waals surface area contributed by atoms with Crippen molar-refractivity contribution in [3.63, 3.8) is 0 Å². The van der Waals surface area contributed by atoms with Gasteiger partial charge in [0.15, 0.2) is 0 Å². The van der Waals surface area contributed by atoms with Crippen LogP contribution in [0.3, 0.4) is 0 Å². The van der Waals surface area contributed by atoms with Crippen molar-refractivity contribution < 1.29 is 32.3 Å². The van der Waals surface area contributed by atoms with Crippen molar-refractivity contribution in [2.24, 2.45) is 0 Å². The monoisotopic (exact) mass is 486 g/mol. The molecule has 1 aliphatic heterocycles. The van der Waals surface area contributed by atoms with Gasteiger partial charge in [-0.1, -0.05) is 30.1 Å². The Kier molecular flexibility index (Phi) is 6.80. The molecule has 1 heterocycles. The Bertz CT molecular complexity index is 1130. The molecular weight excluding hydrogens is 472 g/mol. The molecule has 1 fully saturated rings. The second kappa shape index (κ2) is 9.22. The number of barbiturate groups is 1. The van der Waals surface area contributed by atoms with E-state index in [9.17, 15) is 27.6 Å². The Morgan fingerprint density at radius 3 is 2.47 bits per heavy atom. The average molecular weight is 487 g/mol. The smallest absolute Gasteiger partial charge is 0.416 e. The molecule has 168 valence electrons. The van der Waals surface area contributed by atoms with E-state index in [0.717, 1.165) is 12.1 Å². The molecule has 1 saturated heterocycles. The van der Waals surface area contributed by atoms with Crippen molar-refractivity contribution in [2.75, 3.05) is 11.5 Å². The summed E-state index contributed by atoms with van der Waals surface area (Å²) < 4.78 is 45.0. The van der Waals surface area contributed by atoms with E-state index >= 15 is 0 Å². The van der Waals surface area contributed by atoms with Gasteiger partial charge in [0.2, 0.25) is 0 Å². The fourth-order valence-electron chi connectivity index (χ4n) is 2.87. The van der Waals surface area contributed by atoms with E-state index in [1.54, 1.807) is 12.1 Å². The lowest BCUT2D eigenvalue weighted by Crippen LogP contribution is -2.54. The van der Waals surface area contributed by atoms with Gasteiger partial charge in [-0.15, -0.1) is 0 Å². The van der Waals surface area contributed by atoms with Crippen LogP contribution in [0, 0.1) is 0 Å². The minimum absolute atomic E-state index is 0.272. The molecule has 0 aliphatic carbocycles. The van der Waals surface area contributed by atoms with Gasteiger partial charge in [-0.05, 0) is 48.9 Å². The molecule has 3 rings (SSSR count). The maximum atomic E-state index is 13.1. The van der Waals surface area contributed by atoms with Crippen LogP contribution in [0.2, 0.25) is 10.0 Å². The molecule has 32 heavy (non-hydrogen) atoms. The quantitative estimate of drug-likeness (QED) is 0.449. The number of carbonyl (C=O) groups is 3. The van der Waals surface area contributed by atoms with E-state index in [4.69, 9.17) is 27.9 Å². The molecule has 0 spiro atoms. The van der Waals surface area contributed by atoms with Crippen molar-refractivity contribution in [3.05, 3.63) is 63.1 Å². The molecule has 1 N–H and O–H groups in total. The molecule has 2 aromatic carbocycles. The zero-order valence-corrected chi connectivity index (χ0v) is 17.9. The fourth-order valence-corrected chi connectivity index (χ4v) is 3.25. The number of hydrogen-bond donors (Lipinski definition) is 1. The molecule has 0 radical (unpaired) electrons. The van der Waals surface area contributed by atoms with Gasteiger partial charge in [-0.25, -0.2) is 9.69 Å². The van der Waals surface area contributed by atoms with Crippen LogP contribution in [0.5, 0.6) is 5.75 Å². The van der Waals surface area contributed by atoms with E-state index in [2.05, 4.69) is 0 Å². The Balaban J connectivity index is 2.09. The van der Waals surface area contributed by atoms with Crippen LogP contribution in [0.15, 0.2) is 42.0 Å². The Hall–Kier alpha value is -3.04. The molecular formula is C21H15Cl2F3N2O4. The van der Waals surface area contributed by atoms with Crippen LogP contribution in [-0.4, -0.2) is 24.5 Å². The lowest BCUT2D eigenvalue weighted by molar-refractivity contribution is -0.137. The number of imide groups is 2. The average Bonchev–Trinajstić information content (AvgIpc) is 2.70. The Morgan fingerprint density at radius 1 is 1.09 bits per heavy atom. The largest absolute Gasteiger partial charge is 0.493 e. The van der Waals surface area contributed by atoms with Crippen molar-refractivity contribution in [2.45, 2.75) is 19.5 Å². The summed E-state index contributed by atoms with van der Waals surface area (Å²) in [5.74, 6) is -1.85. The summed E-state index contributed by atoms with van der Waals surface area (Å²) in [5.41, 5.74) is -1.88. The van der Waals surface area contributed by atoms with Crippen LogP contribution in [-0.2, 0) is 15.8 Å². The van der Waals surface area contributed by atoms with Crippen LogP contribution >= 0.6 is 23.2 Å². The van der Waals surface area contributed by atoms with Gasteiger partial charge >= 0.3 is 12.2 Å². The number of ether oxygens (including phenoxy) is 1. The molecule has 0 aromatic heterocycles. The number of nitrogens with zero attached hydrogens (tertiary/aromatic N) is 1. The summed E-state index contributed by atoms with van der Waals surface area (Å²) in [6.07, 6.45) is -2.90. The third-order valence-corrected chi connectivity index (χ3v) is 4.90. The number of amides is 4. The highest BCUT2D eigenvalue weighted by molar-refractivity contribution is 6.42. The summed E-state index contributed by atoms with van der Waals surface area (Å²) >= 11 is 12.0. The number of alkyl halides is 3. The first-order valence-corrected chi connectivity index (χ1v) is 9.99. The molecule has 11 heteroatoms. The summed E-state index contributed by atoms with van der Waals surface area (Å²) in [6, 6.07) is 5.49. The maximum absolute atomic E-state index is 13.1. The van der Waals surface area contributed by atoms with Gasteiger partial charge < -0.3 is 4.74 Å². The van der Waals surface area contributed by atoms with E-state index in [1.165, 1.54) is 6.07 Å². The molecule has 0 atom stereocenters. The minimum atomic E-state index is -4.74. The van der Waals surface area contributed by atoms with Gasteiger partial charge in [0.1, 0.15) is 11.3 Å². The SMILES string of the molecule is CCCOc1ccc(Cl)cc1/C=C1/C(=O)NC(=O)N(c2cc(C(F)(F)F)ccc2Cl)C1=O. The standard InChI is InChI=1S/C21H15Cl2F3N2O4/c1-2-7-32-17-6-4-13(22)8-11(17)9-14-18(29)27-20(31)28(19(14)30)16-10-12(21(24,25)26)3-5-15(16)23/h3-6,8-10H,2,7H2,1H3,(H,27,29,31)/b14-9-. The van der Waals surface area contributed by atoms with Crippen molar-refractivity contribution in [3.8, 4) is 5.75 Å². The second-order valence-electron chi connectivity index (χ2n) is 6.65. The molecule has 4 amide bonds. The normalized spacial score (nSPS) is 15.9. The Morgan fingerprint density at radius 2 is 1.81 bits per heavy atom. The lowest BCUT2D eigenvalue weighted by Gasteiger charge is -2.27. The van der Waals surface area contributed by atoms with Crippen molar-refractivity contribution in [1.82, 2.24) is 5.32 Å². The summed E-state index contributed by atoms with van der Waals surface area (Å²) in [7, 11) is 0. The number of halogens is 5. The molecule has 2 aromatic rings. The zero-order chi connectivity index (χ0) is 23.6. The number of benzene rings is 2. The van der Waals surface area contributed by atoms with E-state index in [0.29, 0.717) is 40.8 Å². The van der Waals surface area contributed by atoms with E-state index in [1.807, 2.05) is 12.2 Å². The number of anilines is 1. The van der Waals surface area contributed by atoms with Crippen molar-refractivity contribution in [1.29, 1.82) is 0 Å². The Labute approximate surface area is 190 Å². The number of urea groups is 1. The van der Waals surface area contributed by atoms with Crippen LogP contribution in [0.4, 0.5) is 23.7 Å². The predicted octanol–water partition coefficient (Wildman–Crippen LogP) is 5.47. The van der Waals surface area contributed by atoms with Crippen LogP contribution in [0.25, 0.3) is 6.08 Å². The van der Waals surface area contributed by atoms with Crippen molar-refractivity contribution >= 4 is 52.8 Å². The first-order chi connectivity index (χ1) is 15.0. The molecule has 0 unspecified atom stereocenters. The topological polar surface area (TPSA) is 75.7 Å². The van der Waals surface area contributed by atoms with E-state index in [-0.39, 0.29) is 10.6 Å². The first-order valence-electron chi connectivity index (χ1n) is 9.23. The molecule has 0 saturated carbocycles. The lowest BCUT2D eigenvalue weighted by atomic mass is 10.1. The number of carbonyl (C=O) groups excluding carboxylic acids is 3. The van der Waals surface area contributed by atoms with Gasteiger partial charge in [0, 0.05) is 10.6 Å². The van der Waals surface area contributed by atoms with Gasteiger partial charge in [0.05, 0.1) is 22.9 Å². The minimum Gasteiger partial charge on any atom is -0.493 e. The number of nitrogens with one attached hydrogen (secondary N) is 1. The number of rotatable bonds is 5. The van der Waals surface area contributed by atoms with Crippen LogP contribution in [0.1, 0.15) is 24.5 Å². The third kappa shape index (κ3) is 4.89. The third-order valence-electron chi connectivity index (χ3n) is 4.35. The number of hydrogen-bond acceptors (Lipinski definition) is 4. The van der Waals surface area contributed by atoms with E-state index < -0.39 is 40.8 Å². The predicted molar refractivity (Wildman–Crippen MR) is 113 cm³/mol. The first kappa shape index (κ1) is 23.6. The van der Waals surface area contributed by atoms with Gasteiger partial charge in [-0.3, -0.25) is 14.9 Å². The highest BCUT2D eigenvalue weighted by Crippen LogP contribution is 2.37. The van der Waals surface area contributed by atoms with Crippen LogP contribution < -0.4 is 15.0 Å². The van der Waals surface area contributed by atoms with Gasteiger partial charge in [0.25, 0.3) is 11.8 Å². The molecule has 1 aliphatic rings. The highest BCUT2D eigenvalue weighted by Gasteiger charge is 2.39. The fraction of sp³-hybridized carbons (Fsp3) is 0.190. The van der Waals surface area contributed by atoms with Gasteiger partial charge in [-0.2, -0.15) is 13.2 Å². The summed E-state index contributed by atoms with van der Waals surface area (Å²) in [5, 5.41) is 1.94. The highest BCUT2D eigenvalue weighted by atomic mass is 35.5. The molecule has 6 nitrogen and oxygen atoms in total. The summed E-state index contributed by atoms with van der Waals surface area (Å²) in [6.45, 7) is 2.23. The molecule has 0 bridgehead atoms. The summed E-state index contributed by atoms with van der Waals surface area (Å²) in [4.78, 5) is 38.1. The second-order valence-corrected chi connectivity index (χ2v) is 7.50. The zero-order valence-electron chi connectivity index (χ0n) is 16.4.